The summed E-state index contributed by atoms with van der Waals surface area (Å²) in [4.78, 5) is 11.3. The average Bonchev–Trinajstić information content (AvgIpc) is 3.24. The van der Waals surface area contributed by atoms with Crippen LogP contribution in [0.15, 0.2) is 12.4 Å². The molecule has 104 valence electrons. The van der Waals surface area contributed by atoms with Crippen molar-refractivity contribution < 1.29 is 4.74 Å². The van der Waals surface area contributed by atoms with Gasteiger partial charge in [0.2, 0.25) is 0 Å². The first-order valence-corrected chi connectivity index (χ1v) is 7.15. The Bertz CT molecular complexity index is 418. The van der Waals surface area contributed by atoms with E-state index in [4.69, 9.17) is 4.74 Å². The van der Waals surface area contributed by atoms with Gasteiger partial charge in [0.05, 0.1) is 36.8 Å². The van der Waals surface area contributed by atoms with Crippen molar-refractivity contribution in [3.05, 3.63) is 18.1 Å². The second-order valence-electron chi connectivity index (χ2n) is 5.67. The second kappa shape index (κ2) is 5.43. The quantitative estimate of drug-likeness (QED) is 0.887. The molecule has 5 nitrogen and oxygen atoms in total. The van der Waals surface area contributed by atoms with Gasteiger partial charge in [-0.15, -0.1) is 0 Å². The average molecular weight is 262 g/mol. The van der Waals surface area contributed by atoms with E-state index in [1.54, 1.807) is 0 Å². The third kappa shape index (κ3) is 3.22. The maximum atomic E-state index is 5.64. The van der Waals surface area contributed by atoms with Gasteiger partial charge in [-0.2, -0.15) is 0 Å². The number of rotatable bonds is 4. The molecular formula is C14H22N4O. The number of aromatic nitrogens is 2. The summed E-state index contributed by atoms with van der Waals surface area (Å²) in [5, 5.41) is 3.45. The highest BCUT2D eigenvalue weighted by molar-refractivity contribution is 5.38. The van der Waals surface area contributed by atoms with Crippen molar-refractivity contribution in [3.8, 4) is 0 Å². The lowest BCUT2D eigenvalue weighted by Gasteiger charge is -2.37. The largest absolute Gasteiger partial charge is 0.375 e. The van der Waals surface area contributed by atoms with E-state index in [9.17, 15) is 0 Å². The van der Waals surface area contributed by atoms with E-state index in [0.29, 0.717) is 12.1 Å². The third-order valence-corrected chi connectivity index (χ3v) is 3.74. The summed E-state index contributed by atoms with van der Waals surface area (Å²) in [6.45, 7) is 6.73. The van der Waals surface area contributed by atoms with E-state index in [-0.39, 0.29) is 6.10 Å². The first-order chi connectivity index (χ1) is 9.22. The molecule has 1 aromatic rings. The highest BCUT2D eigenvalue weighted by atomic mass is 16.5. The Kier molecular flexibility index (Phi) is 3.66. The van der Waals surface area contributed by atoms with Crippen molar-refractivity contribution in [1.82, 2.24) is 15.3 Å². The Hall–Kier alpha value is -1.20. The van der Waals surface area contributed by atoms with E-state index in [1.807, 2.05) is 12.4 Å². The summed E-state index contributed by atoms with van der Waals surface area (Å²) in [5.74, 6) is 0.956. The Morgan fingerprint density at radius 1 is 1.32 bits per heavy atom. The van der Waals surface area contributed by atoms with Crippen LogP contribution < -0.4 is 10.2 Å². The fraction of sp³-hybridized carbons (Fsp3) is 0.714. The maximum absolute atomic E-state index is 5.64. The maximum Gasteiger partial charge on any atom is 0.147 e. The van der Waals surface area contributed by atoms with Gasteiger partial charge in [0.25, 0.3) is 0 Å². The molecule has 0 radical (unpaired) electrons. The predicted molar refractivity (Wildman–Crippen MR) is 74.1 cm³/mol. The Labute approximate surface area is 114 Å². The van der Waals surface area contributed by atoms with Crippen LogP contribution >= 0.6 is 0 Å². The molecule has 1 aliphatic carbocycles. The monoisotopic (exact) mass is 262 g/mol. The number of hydrogen-bond donors (Lipinski definition) is 1. The summed E-state index contributed by atoms with van der Waals surface area (Å²) in [5.41, 5.74) is 1.02. The smallest absolute Gasteiger partial charge is 0.147 e. The molecule has 1 saturated carbocycles. The van der Waals surface area contributed by atoms with Crippen LogP contribution in [0.3, 0.4) is 0 Å². The molecular weight excluding hydrogens is 240 g/mol. The zero-order valence-electron chi connectivity index (χ0n) is 11.7. The lowest BCUT2D eigenvalue weighted by molar-refractivity contribution is 0.0340. The van der Waals surface area contributed by atoms with E-state index in [1.165, 1.54) is 12.8 Å². The second-order valence-corrected chi connectivity index (χ2v) is 5.67. The molecule has 1 N–H and O–H groups in total. The van der Waals surface area contributed by atoms with Crippen molar-refractivity contribution in [3.63, 3.8) is 0 Å². The molecule has 2 unspecified atom stereocenters. The molecule has 1 aromatic heterocycles. The van der Waals surface area contributed by atoms with Gasteiger partial charge in [-0.05, 0) is 26.7 Å². The van der Waals surface area contributed by atoms with Crippen molar-refractivity contribution in [1.29, 1.82) is 0 Å². The van der Waals surface area contributed by atoms with Crippen molar-refractivity contribution in [2.24, 2.45) is 0 Å². The molecule has 0 spiro atoms. The van der Waals surface area contributed by atoms with Gasteiger partial charge in [0.15, 0.2) is 0 Å². The zero-order valence-corrected chi connectivity index (χ0v) is 11.7. The molecule has 0 bridgehead atoms. The van der Waals surface area contributed by atoms with E-state index >= 15 is 0 Å². The van der Waals surface area contributed by atoms with Gasteiger partial charge >= 0.3 is 0 Å². The van der Waals surface area contributed by atoms with Gasteiger partial charge in [0, 0.05) is 19.1 Å². The Morgan fingerprint density at radius 2 is 2.16 bits per heavy atom. The molecule has 5 heteroatoms. The van der Waals surface area contributed by atoms with E-state index in [2.05, 4.69) is 34.0 Å². The van der Waals surface area contributed by atoms with Gasteiger partial charge in [-0.1, -0.05) is 0 Å². The van der Waals surface area contributed by atoms with Crippen molar-refractivity contribution in [2.75, 3.05) is 18.1 Å². The topological polar surface area (TPSA) is 50.3 Å². The molecule has 2 fully saturated rings. The van der Waals surface area contributed by atoms with Crippen LogP contribution in [0.4, 0.5) is 5.82 Å². The minimum Gasteiger partial charge on any atom is -0.375 e. The summed E-state index contributed by atoms with van der Waals surface area (Å²) >= 11 is 0. The fourth-order valence-electron chi connectivity index (χ4n) is 2.35. The number of anilines is 1. The lowest BCUT2D eigenvalue weighted by atomic mass is 10.2. The van der Waals surface area contributed by atoms with Crippen molar-refractivity contribution in [2.45, 2.75) is 51.4 Å². The van der Waals surface area contributed by atoms with Crippen LogP contribution in [-0.4, -0.2) is 41.3 Å². The van der Waals surface area contributed by atoms with Crippen LogP contribution in [0.2, 0.25) is 0 Å². The first-order valence-electron chi connectivity index (χ1n) is 7.15. The normalized spacial score (nSPS) is 27.6. The molecule has 0 aromatic carbocycles. The standard InChI is InChI=1S/C14H22N4O/c1-10-9-19-11(2)8-18(10)14-7-16-13(6-17-14)5-15-12-3-4-12/h6-7,10-12,15H,3-5,8-9H2,1-2H3. The summed E-state index contributed by atoms with van der Waals surface area (Å²) in [6, 6.07) is 1.07. The van der Waals surface area contributed by atoms with Gasteiger partial charge in [-0.25, -0.2) is 4.98 Å². The van der Waals surface area contributed by atoms with E-state index in [0.717, 1.165) is 31.2 Å². The van der Waals surface area contributed by atoms with Gasteiger partial charge in [0.1, 0.15) is 5.82 Å². The molecule has 2 heterocycles. The van der Waals surface area contributed by atoms with Crippen LogP contribution in [0, 0.1) is 0 Å². The summed E-state index contributed by atoms with van der Waals surface area (Å²) in [6.07, 6.45) is 6.63. The lowest BCUT2D eigenvalue weighted by Crippen LogP contribution is -2.47. The molecule has 19 heavy (non-hydrogen) atoms. The number of ether oxygens (including phenoxy) is 1. The molecule has 0 amide bonds. The molecule has 2 atom stereocenters. The Balaban J connectivity index is 1.63. The van der Waals surface area contributed by atoms with Gasteiger partial charge < -0.3 is 15.0 Å². The zero-order chi connectivity index (χ0) is 13.2. The highest BCUT2D eigenvalue weighted by Crippen LogP contribution is 2.20. The van der Waals surface area contributed by atoms with Crippen LogP contribution in [0.25, 0.3) is 0 Å². The summed E-state index contributed by atoms with van der Waals surface area (Å²) < 4.78 is 5.64. The molecule has 3 rings (SSSR count). The molecule has 2 aliphatic rings. The fourth-order valence-corrected chi connectivity index (χ4v) is 2.35. The van der Waals surface area contributed by atoms with E-state index < -0.39 is 0 Å². The first kappa shape index (κ1) is 12.8. The van der Waals surface area contributed by atoms with Crippen LogP contribution in [0.5, 0.6) is 0 Å². The highest BCUT2D eigenvalue weighted by Gasteiger charge is 2.25. The number of nitrogens with one attached hydrogen (secondary N) is 1. The number of morpholine rings is 1. The third-order valence-electron chi connectivity index (χ3n) is 3.74. The Morgan fingerprint density at radius 3 is 2.84 bits per heavy atom. The predicted octanol–water partition coefficient (Wildman–Crippen LogP) is 1.34. The van der Waals surface area contributed by atoms with Crippen LogP contribution in [-0.2, 0) is 11.3 Å². The van der Waals surface area contributed by atoms with Crippen molar-refractivity contribution >= 4 is 5.82 Å². The van der Waals surface area contributed by atoms with Gasteiger partial charge in [-0.3, -0.25) is 4.98 Å². The van der Waals surface area contributed by atoms with Crippen LogP contribution in [0.1, 0.15) is 32.4 Å². The molecule has 1 aliphatic heterocycles. The number of nitrogens with zero attached hydrogens (tertiary/aromatic N) is 3. The molecule has 1 saturated heterocycles. The summed E-state index contributed by atoms with van der Waals surface area (Å²) in [7, 11) is 0. The SMILES string of the molecule is CC1CN(c2cnc(CNC3CC3)cn2)C(C)CO1. The minimum absolute atomic E-state index is 0.259. The number of hydrogen-bond acceptors (Lipinski definition) is 5. The minimum atomic E-state index is 0.259.